The van der Waals surface area contributed by atoms with Crippen LogP contribution in [0, 0.1) is 0 Å². The van der Waals surface area contributed by atoms with E-state index in [0.717, 1.165) is 45.8 Å². The summed E-state index contributed by atoms with van der Waals surface area (Å²) in [5.74, 6) is 0. The summed E-state index contributed by atoms with van der Waals surface area (Å²) in [6, 6.07) is 8.73. The first-order chi connectivity index (χ1) is 9.31. The molecule has 106 valence electrons. The maximum atomic E-state index is 6.11. The smallest absolute Gasteiger partial charge is 0.0641 e. The third kappa shape index (κ3) is 4.20. The fraction of sp³-hybridized carbons (Fsp3) is 0.600. The fourth-order valence-corrected chi connectivity index (χ4v) is 2.51. The van der Waals surface area contributed by atoms with E-state index in [0.29, 0.717) is 0 Å². The first-order valence-corrected chi connectivity index (χ1v) is 6.96. The van der Waals surface area contributed by atoms with Crippen molar-refractivity contribution in [3.63, 3.8) is 0 Å². The standard InChI is InChI=1S/C15H24N2O2/c1-18-8-4-9-19-10-7-17-12-14(16)11-13-5-2-3-6-15(13)17/h2-3,5-6,14H,4,7-12,16H2,1H3. The van der Waals surface area contributed by atoms with Crippen molar-refractivity contribution in [3.05, 3.63) is 29.8 Å². The third-order valence-electron chi connectivity index (χ3n) is 3.41. The Labute approximate surface area is 115 Å². The molecular formula is C15H24N2O2. The van der Waals surface area contributed by atoms with Crippen molar-refractivity contribution in [2.75, 3.05) is 44.9 Å². The molecule has 0 fully saturated rings. The molecule has 0 spiro atoms. The molecule has 0 saturated heterocycles. The van der Waals surface area contributed by atoms with Gasteiger partial charge in [0, 0.05) is 45.1 Å². The number of ether oxygens (including phenoxy) is 2. The van der Waals surface area contributed by atoms with Crippen molar-refractivity contribution < 1.29 is 9.47 Å². The minimum atomic E-state index is 0.225. The molecule has 1 unspecified atom stereocenters. The molecule has 4 nitrogen and oxygen atoms in total. The number of fused-ring (bicyclic) bond motifs is 1. The molecule has 0 radical (unpaired) electrons. The fourth-order valence-electron chi connectivity index (χ4n) is 2.51. The summed E-state index contributed by atoms with van der Waals surface area (Å²) >= 11 is 0. The van der Waals surface area contributed by atoms with Crippen molar-refractivity contribution in [1.82, 2.24) is 0 Å². The summed E-state index contributed by atoms with van der Waals surface area (Å²) in [7, 11) is 1.71. The van der Waals surface area contributed by atoms with Crippen LogP contribution in [0.2, 0.25) is 0 Å². The van der Waals surface area contributed by atoms with Gasteiger partial charge in [-0.1, -0.05) is 18.2 Å². The van der Waals surface area contributed by atoms with Crippen LogP contribution in [-0.4, -0.2) is 46.1 Å². The van der Waals surface area contributed by atoms with Crippen LogP contribution < -0.4 is 10.6 Å². The summed E-state index contributed by atoms with van der Waals surface area (Å²) in [6.07, 6.45) is 1.92. The zero-order chi connectivity index (χ0) is 13.5. The highest BCUT2D eigenvalue weighted by Crippen LogP contribution is 2.25. The highest BCUT2D eigenvalue weighted by Gasteiger charge is 2.20. The minimum Gasteiger partial charge on any atom is -0.385 e. The number of para-hydroxylation sites is 1. The molecular weight excluding hydrogens is 240 g/mol. The van der Waals surface area contributed by atoms with Gasteiger partial charge >= 0.3 is 0 Å². The number of methoxy groups -OCH3 is 1. The Balaban J connectivity index is 1.80. The van der Waals surface area contributed by atoms with Crippen LogP contribution in [0.25, 0.3) is 0 Å². The second-order valence-corrected chi connectivity index (χ2v) is 5.00. The first kappa shape index (κ1) is 14.3. The number of hydrogen-bond acceptors (Lipinski definition) is 4. The van der Waals surface area contributed by atoms with E-state index in [4.69, 9.17) is 15.2 Å². The Morgan fingerprint density at radius 3 is 2.95 bits per heavy atom. The molecule has 1 aromatic rings. The van der Waals surface area contributed by atoms with E-state index < -0.39 is 0 Å². The van der Waals surface area contributed by atoms with Crippen LogP contribution in [-0.2, 0) is 15.9 Å². The Bertz CT molecular complexity index is 384. The number of hydrogen-bond donors (Lipinski definition) is 1. The third-order valence-corrected chi connectivity index (χ3v) is 3.41. The van der Waals surface area contributed by atoms with Gasteiger partial charge in [-0.3, -0.25) is 0 Å². The average molecular weight is 264 g/mol. The van der Waals surface area contributed by atoms with Crippen LogP contribution in [0.3, 0.4) is 0 Å². The molecule has 0 saturated carbocycles. The van der Waals surface area contributed by atoms with E-state index in [9.17, 15) is 0 Å². The zero-order valence-electron chi connectivity index (χ0n) is 11.7. The largest absolute Gasteiger partial charge is 0.385 e. The van der Waals surface area contributed by atoms with Gasteiger partial charge < -0.3 is 20.1 Å². The van der Waals surface area contributed by atoms with Gasteiger partial charge in [0.2, 0.25) is 0 Å². The van der Waals surface area contributed by atoms with E-state index in [1.54, 1.807) is 7.11 Å². The SMILES string of the molecule is COCCCOCCN1CC(N)Cc2ccccc21. The first-order valence-electron chi connectivity index (χ1n) is 6.96. The normalized spacial score (nSPS) is 18.4. The Morgan fingerprint density at radius 2 is 2.11 bits per heavy atom. The van der Waals surface area contributed by atoms with Crippen LogP contribution in [0.1, 0.15) is 12.0 Å². The zero-order valence-corrected chi connectivity index (χ0v) is 11.7. The maximum Gasteiger partial charge on any atom is 0.0641 e. The molecule has 1 aliphatic heterocycles. The van der Waals surface area contributed by atoms with Gasteiger partial charge in [-0.15, -0.1) is 0 Å². The monoisotopic (exact) mass is 264 g/mol. The van der Waals surface area contributed by atoms with E-state index in [-0.39, 0.29) is 6.04 Å². The van der Waals surface area contributed by atoms with Gasteiger partial charge in [0.15, 0.2) is 0 Å². The highest BCUT2D eigenvalue weighted by molar-refractivity contribution is 5.56. The van der Waals surface area contributed by atoms with Crippen molar-refractivity contribution in [1.29, 1.82) is 0 Å². The van der Waals surface area contributed by atoms with Crippen molar-refractivity contribution in [3.8, 4) is 0 Å². The molecule has 2 rings (SSSR count). The molecule has 1 aromatic carbocycles. The summed E-state index contributed by atoms with van der Waals surface area (Å²) in [4.78, 5) is 2.33. The summed E-state index contributed by atoms with van der Waals surface area (Å²) < 4.78 is 10.6. The van der Waals surface area contributed by atoms with Gasteiger partial charge in [0.25, 0.3) is 0 Å². The van der Waals surface area contributed by atoms with E-state index in [1.807, 2.05) is 0 Å². The maximum absolute atomic E-state index is 6.11. The van der Waals surface area contributed by atoms with Gasteiger partial charge in [-0.2, -0.15) is 0 Å². The van der Waals surface area contributed by atoms with Crippen LogP contribution in [0.15, 0.2) is 24.3 Å². The van der Waals surface area contributed by atoms with Gasteiger partial charge in [0.05, 0.1) is 6.61 Å². The van der Waals surface area contributed by atoms with Gasteiger partial charge in [0.1, 0.15) is 0 Å². The van der Waals surface area contributed by atoms with Crippen molar-refractivity contribution in [2.45, 2.75) is 18.9 Å². The molecule has 19 heavy (non-hydrogen) atoms. The molecule has 1 heterocycles. The summed E-state index contributed by atoms with van der Waals surface area (Å²) in [6.45, 7) is 4.08. The number of anilines is 1. The second kappa shape index (κ2) is 7.48. The van der Waals surface area contributed by atoms with Crippen molar-refractivity contribution in [2.24, 2.45) is 5.73 Å². The molecule has 0 aliphatic carbocycles. The number of rotatable bonds is 7. The minimum absolute atomic E-state index is 0.225. The van der Waals surface area contributed by atoms with Gasteiger partial charge in [-0.25, -0.2) is 0 Å². The molecule has 2 N–H and O–H groups in total. The lowest BCUT2D eigenvalue weighted by molar-refractivity contribution is 0.107. The molecule has 1 atom stereocenters. The summed E-state index contributed by atoms with van der Waals surface area (Å²) in [5, 5.41) is 0. The molecule has 0 bridgehead atoms. The predicted octanol–water partition coefficient (Wildman–Crippen LogP) is 1.43. The van der Waals surface area contributed by atoms with E-state index in [1.165, 1.54) is 11.3 Å². The molecule has 0 aromatic heterocycles. The highest BCUT2D eigenvalue weighted by atomic mass is 16.5. The molecule has 4 heteroatoms. The van der Waals surface area contributed by atoms with Crippen LogP contribution in [0.5, 0.6) is 0 Å². The summed E-state index contributed by atoms with van der Waals surface area (Å²) in [5.41, 5.74) is 8.77. The van der Waals surface area contributed by atoms with E-state index in [2.05, 4.69) is 29.2 Å². The number of nitrogens with two attached hydrogens (primary N) is 1. The predicted molar refractivity (Wildman–Crippen MR) is 77.6 cm³/mol. The topological polar surface area (TPSA) is 47.7 Å². The Morgan fingerprint density at radius 1 is 1.26 bits per heavy atom. The Kier molecular flexibility index (Phi) is 5.63. The lowest BCUT2D eigenvalue weighted by Crippen LogP contribution is -2.44. The van der Waals surface area contributed by atoms with E-state index >= 15 is 0 Å². The number of benzene rings is 1. The van der Waals surface area contributed by atoms with Crippen LogP contribution >= 0.6 is 0 Å². The lowest BCUT2D eigenvalue weighted by Gasteiger charge is -2.34. The quantitative estimate of drug-likeness (QED) is 0.757. The van der Waals surface area contributed by atoms with Gasteiger partial charge in [-0.05, 0) is 24.5 Å². The van der Waals surface area contributed by atoms with Crippen LogP contribution in [0.4, 0.5) is 5.69 Å². The Hall–Kier alpha value is -1.10. The lowest BCUT2D eigenvalue weighted by atomic mass is 9.98. The average Bonchev–Trinajstić information content (AvgIpc) is 2.42. The van der Waals surface area contributed by atoms with Crippen molar-refractivity contribution >= 4 is 5.69 Å². The number of nitrogens with zero attached hydrogens (tertiary/aromatic N) is 1. The molecule has 1 aliphatic rings. The molecule has 0 amide bonds. The second-order valence-electron chi connectivity index (χ2n) is 5.00.